The number of benzene rings is 1. The van der Waals surface area contributed by atoms with E-state index in [-0.39, 0.29) is 11.9 Å². The number of hydrogen-bond acceptors (Lipinski definition) is 2. The van der Waals surface area contributed by atoms with Gasteiger partial charge in [-0.25, -0.2) is 0 Å². The van der Waals surface area contributed by atoms with Gasteiger partial charge in [0.2, 0.25) is 0 Å². The molecule has 0 bridgehead atoms. The second kappa shape index (κ2) is 6.49. The lowest BCUT2D eigenvalue weighted by molar-refractivity contribution is 0.0942. The zero-order valence-corrected chi connectivity index (χ0v) is 13.1. The molecule has 0 heterocycles. The predicted octanol–water partition coefficient (Wildman–Crippen LogP) is 2.10. The summed E-state index contributed by atoms with van der Waals surface area (Å²) in [4.78, 5) is 12.0. The summed E-state index contributed by atoms with van der Waals surface area (Å²) in [6.07, 6.45) is 1.64. The van der Waals surface area contributed by atoms with Gasteiger partial charge in [0.1, 0.15) is 0 Å². The standard InChI is InChI=1S/C12H16INO2S/c1-8-5-4-6-10(11(8)13)12(15)14-9(2)7-17(3)16/h4-6,9H,7H2,1-3H3,(H,14,15). The molecule has 1 aromatic rings. The third-order valence-electron chi connectivity index (χ3n) is 2.30. The van der Waals surface area contributed by atoms with Gasteiger partial charge in [-0.3, -0.25) is 9.00 Å². The van der Waals surface area contributed by atoms with Gasteiger partial charge in [0.05, 0.1) is 5.56 Å². The first kappa shape index (κ1) is 14.6. The van der Waals surface area contributed by atoms with Crippen LogP contribution in [0.5, 0.6) is 0 Å². The van der Waals surface area contributed by atoms with E-state index in [0.717, 1.165) is 9.13 Å². The van der Waals surface area contributed by atoms with Gasteiger partial charge in [-0.15, -0.1) is 0 Å². The first-order valence-electron chi connectivity index (χ1n) is 5.27. The third kappa shape index (κ3) is 4.39. The molecule has 1 aromatic carbocycles. The number of halogens is 1. The molecule has 0 aliphatic carbocycles. The fourth-order valence-corrected chi connectivity index (χ4v) is 2.91. The molecule has 0 spiro atoms. The molecule has 1 rings (SSSR count). The van der Waals surface area contributed by atoms with Crippen LogP contribution in [-0.2, 0) is 10.8 Å². The van der Waals surface area contributed by atoms with Crippen LogP contribution in [0.25, 0.3) is 0 Å². The van der Waals surface area contributed by atoms with Gasteiger partial charge < -0.3 is 5.32 Å². The molecule has 0 aromatic heterocycles. The molecule has 94 valence electrons. The molecule has 0 saturated heterocycles. The minimum absolute atomic E-state index is 0.0790. The second-order valence-electron chi connectivity index (χ2n) is 4.05. The van der Waals surface area contributed by atoms with E-state index in [1.54, 1.807) is 12.3 Å². The van der Waals surface area contributed by atoms with Crippen LogP contribution in [0.3, 0.4) is 0 Å². The second-order valence-corrected chi connectivity index (χ2v) is 6.61. The molecule has 0 fully saturated rings. The van der Waals surface area contributed by atoms with Crippen molar-refractivity contribution < 1.29 is 9.00 Å². The maximum absolute atomic E-state index is 12.0. The van der Waals surface area contributed by atoms with Crippen LogP contribution in [0, 0.1) is 10.5 Å². The molecule has 17 heavy (non-hydrogen) atoms. The summed E-state index contributed by atoms with van der Waals surface area (Å²) < 4.78 is 12.0. The van der Waals surface area contributed by atoms with Gasteiger partial charge in [-0.1, -0.05) is 12.1 Å². The van der Waals surface area contributed by atoms with Crippen LogP contribution in [0.2, 0.25) is 0 Å². The van der Waals surface area contributed by atoms with E-state index < -0.39 is 10.8 Å². The topological polar surface area (TPSA) is 46.2 Å². The summed E-state index contributed by atoms with van der Waals surface area (Å²) in [5.74, 6) is 0.379. The van der Waals surface area contributed by atoms with Crippen molar-refractivity contribution >= 4 is 39.3 Å². The highest BCUT2D eigenvalue weighted by molar-refractivity contribution is 14.1. The number of carbonyl (C=O) groups is 1. The maximum atomic E-state index is 12.0. The van der Waals surface area contributed by atoms with Gasteiger partial charge in [0, 0.05) is 32.4 Å². The molecule has 2 unspecified atom stereocenters. The van der Waals surface area contributed by atoms with Crippen molar-refractivity contribution in [2.75, 3.05) is 12.0 Å². The van der Waals surface area contributed by atoms with Crippen molar-refractivity contribution in [1.29, 1.82) is 0 Å². The molecule has 0 saturated carbocycles. The molecular formula is C12H16INO2S. The van der Waals surface area contributed by atoms with E-state index in [2.05, 4.69) is 27.9 Å². The van der Waals surface area contributed by atoms with E-state index in [1.165, 1.54) is 0 Å². The summed E-state index contributed by atoms with van der Waals surface area (Å²) in [7, 11) is -0.895. The number of rotatable bonds is 4. The van der Waals surface area contributed by atoms with Crippen molar-refractivity contribution in [3.63, 3.8) is 0 Å². The minimum Gasteiger partial charge on any atom is -0.349 e. The number of aryl methyl sites for hydroxylation is 1. The summed E-state index contributed by atoms with van der Waals surface area (Å²) in [6.45, 7) is 3.84. The highest BCUT2D eigenvalue weighted by Crippen LogP contribution is 2.16. The van der Waals surface area contributed by atoms with Gasteiger partial charge >= 0.3 is 0 Å². The fourth-order valence-electron chi connectivity index (χ4n) is 1.52. The Labute approximate surface area is 118 Å². The Hall–Kier alpha value is -0.430. The number of amides is 1. The summed E-state index contributed by atoms with van der Waals surface area (Å²) in [5, 5.41) is 2.86. The zero-order chi connectivity index (χ0) is 13.0. The first-order valence-corrected chi connectivity index (χ1v) is 8.08. The predicted molar refractivity (Wildman–Crippen MR) is 79.8 cm³/mol. The van der Waals surface area contributed by atoms with Gasteiger partial charge in [0.25, 0.3) is 5.91 Å². The normalized spacial score (nSPS) is 14.1. The van der Waals surface area contributed by atoms with Gasteiger partial charge in [0.15, 0.2) is 0 Å². The Morgan fingerprint density at radius 1 is 1.53 bits per heavy atom. The van der Waals surface area contributed by atoms with E-state index in [1.807, 2.05) is 26.0 Å². The first-order chi connectivity index (χ1) is 7.91. The lowest BCUT2D eigenvalue weighted by Gasteiger charge is -2.13. The summed E-state index contributed by atoms with van der Waals surface area (Å²) in [6, 6.07) is 5.57. The van der Waals surface area contributed by atoms with E-state index in [9.17, 15) is 9.00 Å². The van der Waals surface area contributed by atoms with E-state index in [0.29, 0.717) is 11.3 Å². The van der Waals surface area contributed by atoms with Crippen LogP contribution in [-0.4, -0.2) is 28.2 Å². The zero-order valence-electron chi connectivity index (χ0n) is 10.1. The largest absolute Gasteiger partial charge is 0.349 e. The quantitative estimate of drug-likeness (QED) is 0.831. The highest BCUT2D eigenvalue weighted by Gasteiger charge is 2.14. The van der Waals surface area contributed by atoms with Crippen molar-refractivity contribution in [1.82, 2.24) is 5.32 Å². The molecule has 1 N–H and O–H groups in total. The van der Waals surface area contributed by atoms with Crippen LogP contribution >= 0.6 is 22.6 Å². The molecule has 0 aliphatic rings. The molecular weight excluding hydrogens is 349 g/mol. The summed E-state index contributed by atoms with van der Waals surface area (Å²) >= 11 is 2.17. The average Bonchev–Trinajstić information content (AvgIpc) is 2.20. The average molecular weight is 365 g/mol. The van der Waals surface area contributed by atoms with E-state index >= 15 is 0 Å². The molecule has 0 radical (unpaired) electrons. The van der Waals surface area contributed by atoms with Gasteiger partial charge in [-0.05, 0) is 48.1 Å². The van der Waals surface area contributed by atoms with Crippen LogP contribution in [0.4, 0.5) is 0 Å². The third-order valence-corrected chi connectivity index (χ3v) is 4.70. The Kier molecular flexibility index (Phi) is 5.58. The smallest absolute Gasteiger partial charge is 0.252 e. The molecule has 3 nitrogen and oxygen atoms in total. The van der Waals surface area contributed by atoms with Crippen LogP contribution < -0.4 is 5.32 Å². The van der Waals surface area contributed by atoms with Crippen LogP contribution in [0.1, 0.15) is 22.8 Å². The van der Waals surface area contributed by atoms with Gasteiger partial charge in [-0.2, -0.15) is 0 Å². The molecule has 0 aliphatic heterocycles. The molecule has 5 heteroatoms. The number of hydrogen-bond donors (Lipinski definition) is 1. The Bertz CT molecular complexity index is 448. The monoisotopic (exact) mass is 365 g/mol. The lowest BCUT2D eigenvalue weighted by atomic mass is 10.1. The van der Waals surface area contributed by atoms with Crippen LogP contribution in [0.15, 0.2) is 18.2 Å². The Morgan fingerprint density at radius 3 is 2.76 bits per heavy atom. The Balaban J connectivity index is 2.77. The summed E-state index contributed by atoms with van der Waals surface area (Å²) in [5.41, 5.74) is 1.77. The van der Waals surface area contributed by atoms with Crippen molar-refractivity contribution in [3.8, 4) is 0 Å². The van der Waals surface area contributed by atoms with Crippen molar-refractivity contribution in [3.05, 3.63) is 32.9 Å². The Morgan fingerprint density at radius 2 is 2.18 bits per heavy atom. The lowest BCUT2D eigenvalue weighted by Crippen LogP contribution is -2.36. The van der Waals surface area contributed by atoms with Crippen molar-refractivity contribution in [2.45, 2.75) is 19.9 Å². The van der Waals surface area contributed by atoms with Crippen molar-refractivity contribution in [2.24, 2.45) is 0 Å². The number of nitrogens with one attached hydrogen (secondary N) is 1. The fraction of sp³-hybridized carbons (Fsp3) is 0.417. The number of carbonyl (C=O) groups excluding carboxylic acids is 1. The highest BCUT2D eigenvalue weighted by atomic mass is 127. The molecule has 2 atom stereocenters. The molecule has 1 amide bonds. The maximum Gasteiger partial charge on any atom is 0.252 e. The minimum atomic E-state index is -0.895. The van der Waals surface area contributed by atoms with E-state index in [4.69, 9.17) is 0 Å². The SMILES string of the molecule is Cc1cccc(C(=O)NC(C)CS(C)=O)c1I.